The number of rotatable bonds is 8. The average molecular weight is 392 g/mol. The van der Waals surface area contributed by atoms with Crippen molar-refractivity contribution in [2.24, 2.45) is 10.9 Å². The highest BCUT2D eigenvalue weighted by molar-refractivity contribution is 5.80. The molecular weight excluding hydrogens is 358 g/mol. The highest BCUT2D eigenvalue weighted by Gasteiger charge is 2.27. The largest absolute Gasteiger partial charge is 0.493 e. The van der Waals surface area contributed by atoms with Crippen molar-refractivity contribution in [1.29, 1.82) is 0 Å². The van der Waals surface area contributed by atoms with Gasteiger partial charge in [0.1, 0.15) is 0 Å². The lowest BCUT2D eigenvalue weighted by Crippen LogP contribution is -2.47. The summed E-state index contributed by atoms with van der Waals surface area (Å²) in [5.74, 6) is 2.35. The fourth-order valence-electron chi connectivity index (χ4n) is 3.45. The van der Waals surface area contributed by atoms with Crippen molar-refractivity contribution in [3.05, 3.63) is 23.8 Å². The molecule has 7 nitrogen and oxygen atoms in total. The summed E-state index contributed by atoms with van der Waals surface area (Å²) in [6.07, 6.45) is 3.54. The number of benzene rings is 1. The van der Waals surface area contributed by atoms with Crippen LogP contribution in [0.25, 0.3) is 0 Å². The molecule has 1 N–H and O–H groups in total. The quantitative estimate of drug-likeness (QED) is 0.318. The Morgan fingerprint density at radius 3 is 2.54 bits per heavy atom. The predicted molar refractivity (Wildman–Crippen MR) is 110 cm³/mol. The number of hydrogen-bond acceptors (Lipinski definition) is 5. The molecular formula is C21H33N3O4. The number of nitrogens with one attached hydrogen (secondary N) is 1. The number of aryl methyl sites for hydroxylation is 1. The highest BCUT2D eigenvalue weighted by atomic mass is 16.5. The maximum Gasteiger partial charge on any atom is 0.309 e. The van der Waals surface area contributed by atoms with Crippen molar-refractivity contribution < 1.29 is 19.0 Å². The third kappa shape index (κ3) is 6.04. The normalized spacial score (nSPS) is 15.3. The Morgan fingerprint density at radius 2 is 1.93 bits per heavy atom. The summed E-state index contributed by atoms with van der Waals surface area (Å²) in [7, 11) is 5.09. The summed E-state index contributed by atoms with van der Waals surface area (Å²) in [5.41, 5.74) is 1.21. The van der Waals surface area contributed by atoms with Gasteiger partial charge >= 0.3 is 5.97 Å². The Balaban J connectivity index is 1.75. The molecule has 0 amide bonds. The molecule has 0 unspecified atom stereocenters. The SMILES string of the molecule is CCOC(=O)C1CCN(C(=NC)NCCCc2ccc(OC)c(OC)c2)CC1. The van der Waals surface area contributed by atoms with Crippen LogP contribution in [0.15, 0.2) is 23.2 Å². The Morgan fingerprint density at radius 1 is 1.21 bits per heavy atom. The van der Waals surface area contributed by atoms with E-state index in [9.17, 15) is 4.79 Å². The lowest BCUT2D eigenvalue weighted by molar-refractivity contribution is -0.149. The Kier molecular flexibility index (Phi) is 8.91. The summed E-state index contributed by atoms with van der Waals surface area (Å²) in [6, 6.07) is 6.03. The number of methoxy groups -OCH3 is 2. The predicted octanol–water partition coefficient (Wildman–Crippen LogP) is 2.49. The maximum atomic E-state index is 11.9. The van der Waals surface area contributed by atoms with Crippen LogP contribution in [0.5, 0.6) is 11.5 Å². The van der Waals surface area contributed by atoms with E-state index in [0.717, 1.165) is 62.8 Å². The van der Waals surface area contributed by atoms with E-state index in [0.29, 0.717) is 6.61 Å². The fraction of sp³-hybridized carbons (Fsp3) is 0.619. The molecule has 156 valence electrons. The molecule has 1 heterocycles. The van der Waals surface area contributed by atoms with E-state index < -0.39 is 0 Å². The van der Waals surface area contributed by atoms with Gasteiger partial charge in [0.05, 0.1) is 26.7 Å². The van der Waals surface area contributed by atoms with Crippen molar-refractivity contribution in [1.82, 2.24) is 10.2 Å². The topological polar surface area (TPSA) is 72.4 Å². The maximum absolute atomic E-state index is 11.9. The minimum atomic E-state index is -0.0694. The second-order valence-electron chi connectivity index (χ2n) is 6.78. The molecule has 0 saturated carbocycles. The van der Waals surface area contributed by atoms with Gasteiger partial charge < -0.3 is 24.4 Å². The van der Waals surface area contributed by atoms with Crippen LogP contribution in [-0.4, -0.2) is 64.3 Å². The monoisotopic (exact) mass is 391 g/mol. The molecule has 1 saturated heterocycles. The molecule has 1 aliphatic heterocycles. The number of likely N-dealkylation sites (tertiary alicyclic amines) is 1. The summed E-state index contributed by atoms with van der Waals surface area (Å²) in [5, 5.41) is 3.43. The van der Waals surface area contributed by atoms with Gasteiger partial charge in [-0.2, -0.15) is 0 Å². The standard InChI is InChI=1S/C21H33N3O4/c1-5-28-20(25)17-10-13-24(14-11-17)21(22-2)23-12-6-7-16-8-9-18(26-3)19(15-16)27-4/h8-9,15,17H,5-7,10-14H2,1-4H3,(H,22,23). The van der Waals surface area contributed by atoms with Gasteiger partial charge in [-0.05, 0) is 50.3 Å². The van der Waals surface area contributed by atoms with E-state index in [1.165, 1.54) is 5.56 Å². The van der Waals surface area contributed by atoms with Gasteiger partial charge in [0.25, 0.3) is 0 Å². The number of carbonyl (C=O) groups excluding carboxylic acids is 1. The van der Waals surface area contributed by atoms with E-state index in [1.54, 1.807) is 21.3 Å². The van der Waals surface area contributed by atoms with E-state index in [2.05, 4.69) is 21.3 Å². The summed E-state index contributed by atoms with van der Waals surface area (Å²) in [6.45, 7) is 4.76. The number of nitrogens with zero attached hydrogens (tertiary/aromatic N) is 2. The van der Waals surface area contributed by atoms with E-state index >= 15 is 0 Å². The van der Waals surface area contributed by atoms with Crippen LogP contribution in [0, 0.1) is 5.92 Å². The number of esters is 1. The first-order valence-corrected chi connectivity index (χ1v) is 9.96. The Bertz CT molecular complexity index is 655. The van der Waals surface area contributed by atoms with Gasteiger partial charge in [0, 0.05) is 26.7 Å². The molecule has 28 heavy (non-hydrogen) atoms. The zero-order valence-corrected chi connectivity index (χ0v) is 17.5. The number of piperidine rings is 1. The third-order valence-corrected chi connectivity index (χ3v) is 5.00. The molecule has 1 aliphatic rings. The summed E-state index contributed by atoms with van der Waals surface area (Å²) in [4.78, 5) is 18.5. The molecule has 0 spiro atoms. The second-order valence-corrected chi connectivity index (χ2v) is 6.78. The first kappa shape index (κ1) is 21.9. The number of aliphatic imine (C=N–C) groups is 1. The van der Waals surface area contributed by atoms with Crippen molar-refractivity contribution in [2.45, 2.75) is 32.6 Å². The van der Waals surface area contributed by atoms with E-state index in [4.69, 9.17) is 14.2 Å². The molecule has 0 aliphatic carbocycles. The second kappa shape index (κ2) is 11.4. The van der Waals surface area contributed by atoms with Gasteiger partial charge in [-0.25, -0.2) is 0 Å². The number of ether oxygens (including phenoxy) is 3. The molecule has 0 radical (unpaired) electrons. The zero-order chi connectivity index (χ0) is 20.4. The fourth-order valence-corrected chi connectivity index (χ4v) is 3.45. The smallest absolute Gasteiger partial charge is 0.309 e. The van der Waals surface area contributed by atoms with E-state index in [1.807, 2.05) is 19.1 Å². The van der Waals surface area contributed by atoms with Crippen molar-refractivity contribution in [3.63, 3.8) is 0 Å². The van der Waals surface area contributed by atoms with Crippen LogP contribution in [0.2, 0.25) is 0 Å². The molecule has 0 bridgehead atoms. The summed E-state index contributed by atoms with van der Waals surface area (Å²) < 4.78 is 15.8. The Labute approximate surface area is 168 Å². The van der Waals surface area contributed by atoms with Gasteiger partial charge in [0.2, 0.25) is 0 Å². The first-order valence-electron chi connectivity index (χ1n) is 9.96. The molecule has 0 atom stereocenters. The molecule has 0 aromatic heterocycles. The Hall–Kier alpha value is -2.44. The van der Waals surface area contributed by atoms with Gasteiger partial charge in [-0.3, -0.25) is 9.79 Å². The number of guanidine groups is 1. The molecule has 1 aromatic rings. The lowest BCUT2D eigenvalue weighted by atomic mass is 9.97. The number of carbonyl (C=O) groups is 1. The minimum Gasteiger partial charge on any atom is -0.493 e. The minimum absolute atomic E-state index is 0.0133. The van der Waals surface area contributed by atoms with Crippen LogP contribution in [0.3, 0.4) is 0 Å². The van der Waals surface area contributed by atoms with Crippen molar-refractivity contribution in [3.8, 4) is 11.5 Å². The van der Waals surface area contributed by atoms with Crippen LogP contribution in [0.4, 0.5) is 0 Å². The highest BCUT2D eigenvalue weighted by Crippen LogP contribution is 2.27. The van der Waals surface area contributed by atoms with Crippen LogP contribution in [0.1, 0.15) is 31.7 Å². The van der Waals surface area contributed by atoms with Crippen molar-refractivity contribution >= 4 is 11.9 Å². The van der Waals surface area contributed by atoms with Gasteiger partial charge in [-0.15, -0.1) is 0 Å². The number of hydrogen-bond donors (Lipinski definition) is 1. The third-order valence-electron chi connectivity index (χ3n) is 5.00. The molecule has 1 aromatic carbocycles. The molecule has 1 fully saturated rings. The first-order chi connectivity index (χ1) is 13.6. The van der Waals surface area contributed by atoms with Crippen molar-refractivity contribution in [2.75, 3.05) is 47.5 Å². The van der Waals surface area contributed by atoms with Gasteiger partial charge in [-0.1, -0.05) is 6.07 Å². The lowest BCUT2D eigenvalue weighted by Gasteiger charge is -2.33. The average Bonchev–Trinajstić information content (AvgIpc) is 2.74. The summed E-state index contributed by atoms with van der Waals surface area (Å²) >= 11 is 0. The molecule has 7 heteroatoms. The van der Waals surface area contributed by atoms with Crippen LogP contribution < -0.4 is 14.8 Å². The van der Waals surface area contributed by atoms with Gasteiger partial charge in [0.15, 0.2) is 17.5 Å². The van der Waals surface area contributed by atoms with E-state index in [-0.39, 0.29) is 11.9 Å². The van der Waals surface area contributed by atoms with Crippen LogP contribution in [-0.2, 0) is 16.0 Å². The van der Waals surface area contributed by atoms with Crippen LogP contribution >= 0.6 is 0 Å². The molecule has 2 rings (SSSR count). The zero-order valence-electron chi connectivity index (χ0n) is 17.5.